The van der Waals surface area contributed by atoms with Gasteiger partial charge >= 0.3 is 0 Å². The van der Waals surface area contributed by atoms with Crippen molar-refractivity contribution in [3.8, 4) is 5.75 Å². The van der Waals surface area contributed by atoms with Crippen molar-refractivity contribution in [1.29, 1.82) is 0 Å². The molecular weight excluding hydrogens is 272 g/mol. The minimum absolute atomic E-state index is 0.0515. The number of rotatable bonds is 2. The lowest BCUT2D eigenvalue weighted by molar-refractivity contribution is -0.384. The minimum atomic E-state index is -0.488. The molecule has 1 amide bonds. The van der Waals surface area contributed by atoms with E-state index in [-0.39, 0.29) is 11.6 Å². The van der Waals surface area contributed by atoms with E-state index in [4.69, 9.17) is 4.74 Å². The average molecular weight is 282 g/mol. The molecule has 0 radical (unpaired) electrons. The first-order chi connectivity index (χ1) is 10.1. The van der Waals surface area contributed by atoms with Crippen molar-refractivity contribution in [1.82, 2.24) is 5.32 Å². The molecule has 0 bridgehead atoms. The molecule has 2 aromatic rings. The van der Waals surface area contributed by atoms with Gasteiger partial charge in [0.25, 0.3) is 11.6 Å². The maximum absolute atomic E-state index is 12.1. The third-order valence-electron chi connectivity index (χ3n) is 3.05. The van der Waals surface area contributed by atoms with E-state index >= 15 is 0 Å². The lowest BCUT2D eigenvalue weighted by Gasteiger charge is -2.06. The highest BCUT2D eigenvalue weighted by Gasteiger charge is 2.19. The zero-order valence-electron chi connectivity index (χ0n) is 10.8. The predicted octanol–water partition coefficient (Wildman–Crippen LogP) is 2.72. The largest absolute Gasteiger partial charge is 0.462 e. The number of fused-ring (bicyclic) bond motifs is 1. The number of amides is 1. The molecule has 1 N–H and O–H groups in total. The number of benzene rings is 2. The van der Waals surface area contributed by atoms with Gasteiger partial charge in [0.1, 0.15) is 12.0 Å². The second-order valence-corrected chi connectivity index (χ2v) is 4.41. The van der Waals surface area contributed by atoms with Gasteiger partial charge in [0, 0.05) is 17.7 Å². The number of hydrogen-bond acceptors (Lipinski definition) is 4. The van der Waals surface area contributed by atoms with Gasteiger partial charge in [-0.1, -0.05) is 24.3 Å². The standard InChI is InChI=1S/C15H10N2O4/c18-15-12-6-1-2-7-14(12)21-9-13(16-15)10-4-3-5-11(8-10)17(19)20/h1-9H,(H,16,18). The summed E-state index contributed by atoms with van der Waals surface area (Å²) in [6.07, 6.45) is 1.38. The van der Waals surface area contributed by atoms with Crippen molar-refractivity contribution in [2.75, 3.05) is 0 Å². The fourth-order valence-corrected chi connectivity index (χ4v) is 2.03. The molecule has 1 aliphatic heterocycles. The van der Waals surface area contributed by atoms with E-state index in [1.54, 1.807) is 36.4 Å². The molecule has 2 aromatic carbocycles. The number of para-hydroxylation sites is 1. The maximum Gasteiger partial charge on any atom is 0.270 e. The fourth-order valence-electron chi connectivity index (χ4n) is 2.03. The van der Waals surface area contributed by atoms with Crippen molar-refractivity contribution in [3.63, 3.8) is 0 Å². The molecule has 6 heteroatoms. The molecule has 1 heterocycles. The molecular formula is C15H10N2O4. The molecule has 0 atom stereocenters. The number of nitrogens with zero attached hydrogens (tertiary/aromatic N) is 1. The molecule has 0 fully saturated rings. The van der Waals surface area contributed by atoms with E-state index in [1.807, 2.05) is 0 Å². The Labute approximate surface area is 119 Å². The van der Waals surface area contributed by atoms with Gasteiger partial charge in [-0.15, -0.1) is 0 Å². The first kappa shape index (κ1) is 12.9. The first-order valence-corrected chi connectivity index (χ1v) is 6.17. The zero-order chi connectivity index (χ0) is 14.8. The molecule has 0 saturated carbocycles. The van der Waals surface area contributed by atoms with E-state index in [9.17, 15) is 14.9 Å². The monoisotopic (exact) mass is 282 g/mol. The summed E-state index contributed by atoms with van der Waals surface area (Å²) in [6, 6.07) is 12.8. The molecule has 0 aromatic heterocycles. The number of carbonyl (C=O) groups excluding carboxylic acids is 1. The fraction of sp³-hybridized carbons (Fsp3) is 0. The molecule has 0 aliphatic carbocycles. The molecule has 0 saturated heterocycles. The predicted molar refractivity (Wildman–Crippen MR) is 75.6 cm³/mol. The Morgan fingerprint density at radius 2 is 1.90 bits per heavy atom. The van der Waals surface area contributed by atoms with Gasteiger partial charge in [-0.25, -0.2) is 0 Å². The van der Waals surface area contributed by atoms with E-state index < -0.39 is 4.92 Å². The van der Waals surface area contributed by atoms with Crippen LogP contribution in [0, 0.1) is 10.1 Å². The summed E-state index contributed by atoms with van der Waals surface area (Å²) < 4.78 is 5.47. The molecule has 3 rings (SSSR count). The highest BCUT2D eigenvalue weighted by atomic mass is 16.6. The van der Waals surface area contributed by atoms with Crippen molar-refractivity contribution in [3.05, 3.63) is 76.0 Å². The summed E-state index contributed by atoms with van der Waals surface area (Å²) >= 11 is 0. The topological polar surface area (TPSA) is 81.5 Å². The Balaban J connectivity index is 1.98. The lowest BCUT2D eigenvalue weighted by Crippen LogP contribution is -2.20. The highest BCUT2D eigenvalue weighted by Crippen LogP contribution is 2.25. The van der Waals surface area contributed by atoms with Crippen molar-refractivity contribution < 1.29 is 14.5 Å². The summed E-state index contributed by atoms with van der Waals surface area (Å²) in [7, 11) is 0. The van der Waals surface area contributed by atoms with Crippen LogP contribution in [0.4, 0.5) is 5.69 Å². The summed E-state index contributed by atoms with van der Waals surface area (Å²) in [5.41, 5.74) is 1.24. The summed E-state index contributed by atoms with van der Waals surface area (Å²) in [5, 5.41) is 13.5. The number of non-ortho nitro benzene ring substituents is 1. The third kappa shape index (κ3) is 2.46. The lowest BCUT2D eigenvalue weighted by atomic mass is 10.1. The number of ether oxygens (including phenoxy) is 1. The van der Waals surface area contributed by atoms with E-state index in [0.29, 0.717) is 22.6 Å². The first-order valence-electron chi connectivity index (χ1n) is 6.17. The minimum Gasteiger partial charge on any atom is -0.462 e. The van der Waals surface area contributed by atoms with Gasteiger partial charge in [0.05, 0.1) is 16.2 Å². The Bertz CT molecular complexity index is 768. The van der Waals surface area contributed by atoms with E-state index in [0.717, 1.165) is 0 Å². The van der Waals surface area contributed by atoms with Crippen LogP contribution in [0.5, 0.6) is 5.75 Å². The second kappa shape index (κ2) is 5.09. The zero-order valence-corrected chi connectivity index (χ0v) is 10.8. The van der Waals surface area contributed by atoms with Crippen LogP contribution in [0.15, 0.2) is 54.8 Å². The number of carbonyl (C=O) groups is 1. The molecule has 1 aliphatic rings. The summed E-state index contributed by atoms with van der Waals surface area (Å²) in [5.74, 6) is 0.122. The summed E-state index contributed by atoms with van der Waals surface area (Å²) in [4.78, 5) is 22.5. The van der Waals surface area contributed by atoms with E-state index in [2.05, 4.69) is 5.32 Å². The van der Waals surface area contributed by atoms with Crippen LogP contribution in [0.2, 0.25) is 0 Å². The third-order valence-corrected chi connectivity index (χ3v) is 3.05. The van der Waals surface area contributed by atoms with E-state index in [1.165, 1.54) is 18.4 Å². The second-order valence-electron chi connectivity index (χ2n) is 4.41. The van der Waals surface area contributed by atoms with Gasteiger partial charge in [-0.3, -0.25) is 14.9 Å². The normalized spacial score (nSPS) is 13.3. The number of nitrogens with one attached hydrogen (secondary N) is 1. The van der Waals surface area contributed by atoms with Crippen LogP contribution in [0.1, 0.15) is 15.9 Å². The van der Waals surface area contributed by atoms with Crippen molar-refractivity contribution in [2.45, 2.75) is 0 Å². The van der Waals surface area contributed by atoms with Crippen LogP contribution in [-0.4, -0.2) is 10.8 Å². The SMILES string of the molecule is O=C1NC(c2cccc([N+](=O)[O-])c2)=COc2ccccc21. The Kier molecular flexibility index (Phi) is 3.12. The molecule has 6 nitrogen and oxygen atoms in total. The van der Waals surface area contributed by atoms with Gasteiger partial charge in [0.2, 0.25) is 0 Å². The van der Waals surface area contributed by atoms with Gasteiger partial charge in [0.15, 0.2) is 0 Å². The number of hydrogen-bond donors (Lipinski definition) is 1. The van der Waals surface area contributed by atoms with Crippen LogP contribution in [0.25, 0.3) is 5.70 Å². The maximum atomic E-state index is 12.1. The highest BCUT2D eigenvalue weighted by molar-refractivity contribution is 6.02. The van der Waals surface area contributed by atoms with Crippen molar-refractivity contribution >= 4 is 17.3 Å². The smallest absolute Gasteiger partial charge is 0.270 e. The van der Waals surface area contributed by atoms with Crippen LogP contribution in [-0.2, 0) is 0 Å². The Morgan fingerprint density at radius 3 is 2.71 bits per heavy atom. The number of nitro benzene ring substituents is 1. The van der Waals surface area contributed by atoms with Gasteiger partial charge in [-0.2, -0.15) is 0 Å². The molecule has 104 valence electrons. The quantitative estimate of drug-likeness (QED) is 0.678. The van der Waals surface area contributed by atoms with Crippen LogP contribution >= 0.6 is 0 Å². The number of nitro groups is 1. The van der Waals surface area contributed by atoms with Gasteiger partial charge in [-0.05, 0) is 12.1 Å². The summed E-state index contributed by atoms with van der Waals surface area (Å²) in [6.45, 7) is 0. The van der Waals surface area contributed by atoms with Gasteiger partial charge < -0.3 is 10.1 Å². The molecule has 21 heavy (non-hydrogen) atoms. The van der Waals surface area contributed by atoms with Crippen LogP contribution < -0.4 is 10.1 Å². The van der Waals surface area contributed by atoms with Crippen molar-refractivity contribution in [2.24, 2.45) is 0 Å². The molecule has 0 spiro atoms. The Morgan fingerprint density at radius 1 is 1.10 bits per heavy atom. The van der Waals surface area contributed by atoms with Crippen LogP contribution in [0.3, 0.4) is 0 Å². The Hall–Kier alpha value is -3.15. The average Bonchev–Trinajstić information content (AvgIpc) is 2.67. The molecule has 0 unspecified atom stereocenters.